The molecule has 4 nitrogen and oxygen atoms in total. The number of rotatable bonds is 3. The van der Waals surface area contributed by atoms with E-state index in [4.69, 9.17) is 9.15 Å². The largest absolute Gasteiger partial charge is 0.496 e. The third kappa shape index (κ3) is 2.36. The fourth-order valence-corrected chi connectivity index (χ4v) is 2.32. The molecule has 0 saturated carbocycles. The monoisotopic (exact) mass is 281 g/mol. The van der Waals surface area contributed by atoms with E-state index >= 15 is 0 Å². The molecule has 0 unspecified atom stereocenters. The highest BCUT2D eigenvalue weighted by Gasteiger charge is 2.12. The highest BCUT2D eigenvalue weighted by Crippen LogP contribution is 2.31. The lowest BCUT2D eigenvalue weighted by Gasteiger charge is -2.10. The van der Waals surface area contributed by atoms with Gasteiger partial charge in [-0.25, -0.2) is 4.79 Å². The summed E-state index contributed by atoms with van der Waals surface area (Å²) in [5.74, 6) is 0.629. The zero-order valence-electron chi connectivity index (χ0n) is 11.8. The molecular formula is C17H15NO3. The number of ether oxygens (including phenoxy) is 1. The summed E-state index contributed by atoms with van der Waals surface area (Å²) in [7, 11) is 3.42. The Morgan fingerprint density at radius 2 is 1.86 bits per heavy atom. The van der Waals surface area contributed by atoms with Crippen LogP contribution in [-0.4, -0.2) is 14.2 Å². The molecule has 1 aromatic heterocycles. The number of para-hydroxylation sites is 1. The second-order valence-electron chi connectivity index (χ2n) is 4.65. The van der Waals surface area contributed by atoms with Crippen LogP contribution in [0.25, 0.3) is 22.1 Å². The predicted molar refractivity (Wildman–Crippen MR) is 84.0 cm³/mol. The molecule has 3 aromatic rings. The van der Waals surface area contributed by atoms with Crippen LogP contribution in [0.15, 0.2) is 57.7 Å². The number of hydrogen-bond acceptors (Lipinski definition) is 4. The average molecular weight is 281 g/mol. The molecule has 4 heteroatoms. The van der Waals surface area contributed by atoms with Crippen molar-refractivity contribution < 1.29 is 9.15 Å². The van der Waals surface area contributed by atoms with Crippen LogP contribution in [0, 0.1) is 0 Å². The summed E-state index contributed by atoms with van der Waals surface area (Å²) < 4.78 is 10.8. The number of fused-ring (bicyclic) bond motifs is 1. The number of nitrogens with one attached hydrogen (secondary N) is 1. The van der Waals surface area contributed by atoms with Crippen molar-refractivity contribution in [2.75, 3.05) is 19.5 Å². The molecule has 106 valence electrons. The van der Waals surface area contributed by atoms with E-state index in [9.17, 15) is 4.79 Å². The lowest BCUT2D eigenvalue weighted by molar-refractivity contribution is 0.416. The van der Waals surface area contributed by atoms with Gasteiger partial charge in [0, 0.05) is 29.8 Å². The zero-order valence-corrected chi connectivity index (χ0v) is 11.8. The molecule has 0 aliphatic rings. The van der Waals surface area contributed by atoms with E-state index in [1.54, 1.807) is 13.2 Å². The van der Waals surface area contributed by atoms with E-state index in [0.29, 0.717) is 16.9 Å². The van der Waals surface area contributed by atoms with Crippen molar-refractivity contribution in [2.24, 2.45) is 0 Å². The quantitative estimate of drug-likeness (QED) is 0.746. The molecule has 0 radical (unpaired) electrons. The standard InChI is InChI=1S/C17H15NO3/c1-18-12-7-8-13(16(10-12)20-2)14-9-11-5-3-4-6-15(11)21-17(14)19/h3-10,18H,1-2H3. The van der Waals surface area contributed by atoms with Gasteiger partial charge in [0.1, 0.15) is 11.3 Å². The van der Waals surface area contributed by atoms with Crippen molar-refractivity contribution in [1.82, 2.24) is 0 Å². The zero-order chi connectivity index (χ0) is 14.8. The maximum Gasteiger partial charge on any atom is 0.344 e. The second kappa shape index (κ2) is 5.32. The van der Waals surface area contributed by atoms with Gasteiger partial charge in [-0.05, 0) is 24.3 Å². The Morgan fingerprint density at radius 1 is 1.05 bits per heavy atom. The Balaban J connectivity index is 2.24. The average Bonchev–Trinajstić information content (AvgIpc) is 2.53. The summed E-state index contributed by atoms with van der Waals surface area (Å²) in [5, 5.41) is 3.92. The Bertz CT molecular complexity index is 852. The molecule has 0 bridgehead atoms. The van der Waals surface area contributed by atoms with Gasteiger partial charge < -0.3 is 14.5 Å². The van der Waals surface area contributed by atoms with Crippen molar-refractivity contribution >= 4 is 16.7 Å². The molecule has 0 saturated heterocycles. The highest BCUT2D eigenvalue weighted by molar-refractivity contribution is 5.83. The Morgan fingerprint density at radius 3 is 2.62 bits per heavy atom. The second-order valence-corrected chi connectivity index (χ2v) is 4.65. The summed E-state index contributed by atoms with van der Waals surface area (Å²) in [6.45, 7) is 0. The van der Waals surface area contributed by atoms with Gasteiger partial charge in [0.05, 0.1) is 12.7 Å². The third-order valence-corrected chi connectivity index (χ3v) is 3.42. The Kier molecular flexibility index (Phi) is 3.36. The molecule has 0 aliphatic heterocycles. The molecule has 0 amide bonds. The third-order valence-electron chi connectivity index (χ3n) is 3.42. The first-order valence-electron chi connectivity index (χ1n) is 6.62. The van der Waals surface area contributed by atoms with E-state index in [-0.39, 0.29) is 5.63 Å². The van der Waals surface area contributed by atoms with Crippen LogP contribution in [-0.2, 0) is 0 Å². The van der Waals surface area contributed by atoms with E-state index in [1.807, 2.05) is 49.5 Å². The SMILES string of the molecule is CNc1ccc(-c2cc3ccccc3oc2=O)c(OC)c1. The minimum absolute atomic E-state index is 0.371. The molecule has 0 aliphatic carbocycles. The van der Waals surface area contributed by atoms with Crippen molar-refractivity contribution in [2.45, 2.75) is 0 Å². The minimum Gasteiger partial charge on any atom is -0.496 e. The molecule has 0 spiro atoms. The molecular weight excluding hydrogens is 266 g/mol. The van der Waals surface area contributed by atoms with Gasteiger partial charge in [-0.15, -0.1) is 0 Å². The normalized spacial score (nSPS) is 10.6. The topological polar surface area (TPSA) is 51.5 Å². The predicted octanol–water partition coefficient (Wildman–Crippen LogP) is 3.51. The lowest BCUT2D eigenvalue weighted by Crippen LogP contribution is -2.04. The number of anilines is 1. The van der Waals surface area contributed by atoms with Crippen LogP contribution in [0.1, 0.15) is 0 Å². The molecule has 21 heavy (non-hydrogen) atoms. The highest BCUT2D eigenvalue weighted by atomic mass is 16.5. The van der Waals surface area contributed by atoms with E-state index in [2.05, 4.69) is 5.32 Å². The maximum absolute atomic E-state index is 12.2. The van der Waals surface area contributed by atoms with Crippen molar-refractivity contribution in [3.63, 3.8) is 0 Å². The molecule has 1 N–H and O–H groups in total. The molecule has 0 fully saturated rings. The van der Waals surface area contributed by atoms with Crippen LogP contribution < -0.4 is 15.7 Å². The molecule has 3 rings (SSSR count). The van der Waals surface area contributed by atoms with Crippen LogP contribution in [0.2, 0.25) is 0 Å². The van der Waals surface area contributed by atoms with Gasteiger partial charge in [0.25, 0.3) is 0 Å². The minimum atomic E-state index is -0.371. The lowest BCUT2D eigenvalue weighted by atomic mass is 10.0. The fraction of sp³-hybridized carbons (Fsp3) is 0.118. The van der Waals surface area contributed by atoms with Gasteiger partial charge in [-0.3, -0.25) is 0 Å². The van der Waals surface area contributed by atoms with Crippen LogP contribution in [0.4, 0.5) is 5.69 Å². The van der Waals surface area contributed by atoms with Crippen LogP contribution in [0.3, 0.4) is 0 Å². The smallest absolute Gasteiger partial charge is 0.344 e. The van der Waals surface area contributed by atoms with Crippen LogP contribution in [0.5, 0.6) is 5.75 Å². The number of hydrogen-bond donors (Lipinski definition) is 1. The molecule has 1 heterocycles. The summed E-state index contributed by atoms with van der Waals surface area (Å²) in [5.41, 5.74) is 2.34. The number of methoxy groups -OCH3 is 1. The van der Waals surface area contributed by atoms with E-state index in [1.165, 1.54) is 0 Å². The molecule has 0 atom stereocenters. The molecule has 2 aromatic carbocycles. The van der Waals surface area contributed by atoms with E-state index in [0.717, 1.165) is 16.6 Å². The maximum atomic E-state index is 12.2. The summed E-state index contributed by atoms with van der Waals surface area (Å²) in [6.07, 6.45) is 0. The summed E-state index contributed by atoms with van der Waals surface area (Å²) in [6, 6.07) is 14.9. The van der Waals surface area contributed by atoms with Gasteiger partial charge in [-0.2, -0.15) is 0 Å². The first-order chi connectivity index (χ1) is 10.2. The first kappa shape index (κ1) is 13.2. The summed E-state index contributed by atoms with van der Waals surface area (Å²) in [4.78, 5) is 12.2. The first-order valence-corrected chi connectivity index (χ1v) is 6.62. The van der Waals surface area contributed by atoms with Gasteiger partial charge in [0.2, 0.25) is 0 Å². The van der Waals surface area contributed by atoms with Crippen molar-refractivity contribution in [3.05, 3.63) is 59.0 Å². The Hall–Kier alpha value is -2.75. The fourth-order valence-electron chi connectivity index (χ4n) is 2.32. The van der Waals surface area contributed by atoms with Crippen molar-refractivity contribution in [3.8, 4) is 16.9 Å². The number of benzene rings is 2. The van der Waals surface area contributed by atoms with Gasteiger partial charge in [0.15, 0.2) is 0 Å². The Labute approximate surface area is 122 Å². The van der Waals surface area contributed by atoms with Gasteiger partial charge >= 0.3 is 5.63 Å². The summed E-state index contributed by atoms with van der Waals surface area (Å²) >= 11 is 0. The van der Waals surface area contributed by atoms with Crippen LogP contribution >= 0.6 is 0 Å². The van der Waals surface area contributed by atoms with E-state index < -0.39 is 0 Å². The van der Waals surface area contributed by atoms with Crippen molar-refractivity contribution in [1.29, 1.82) is 0 Å². The van der Waals surface area contributed by atoms with Gasteiger partial charge in [-0.1, -0.05) is 18.2 Å².